The molecule has 1 saturated heterocycles. The van der Waals surface area contributed by atoms with Gasteiger partial charge in [0.2, 0.25) is 11.6 Å². The quantitative estimate of drug-likeness (QED) is 0.793. The first kappa shape index (κ1) is 14.5. The van der Waals surface area contributed by atoms with E-state index in [1.807, 2.05) is 11.0 Å². The molecule has 6 nitrogen and oxygen atoms in total. The summed E-state index contributed by atoms with van der Waals surface area (Å²) in [5, 5.41) is 9.00. The summed E-state index contributed by atoms with van der Waals surface area (Å²) in [7, 11) is 0. The number of rotatable bonds is 3. The Morgan fingerprint density at radius 2 is 2.18 bits per heavy atom. The standard InChI is InChI=1S/C16H18N4O2/c17-10-14-15(19-8-7-18-14)22-13-6-9-20(11-13)16(21)12-4-2-1-3-5-12/h1-2,7-8,12-13H,3-6,9,11H2/t12-,13-/m0/s1. The number of ether oxygens (including phenoxy) is 1. The van der Waals surface area contributed by atoms with Crippen LogP contribution in [0, 0.1) is 17.2 Å². The van der Waals surface area contributed by atoms with Crippen LogP contribution >= 0.6 is 0 Å². The minimum atomic E-state index is -0.119. The first-order valence-corrected chi connectivity index (χ1v) is 7.59. The van der Waals surface area contributed by atoms with Crippen molar-refractivity contribution in [1.29, 1.82) is 5.26 Å². The number of hydrogen-bond donors (Lipinski definition) is 0. The summed E-state index contributed by atoms with van der Waals surface area (Å²) in [5.74, 6) is 0.579. The molecule has 0 saturated carbocycles. The van der Waals surface area contributed by atoms with Crippen LogP contribution in [0.5, 0.6) is 5.88 Å². The largest absolute Gasteiger partial charge is 0.470 e. The van der Waals surface area contributed by atoms with E-state index in [2.05, 4.69) is 22.1 Å². The van der Waals surface area contributed by atoms with Gasteiger partial charge in [-0.05, 0) is 19.3 Å². The third kappa shape index (κ3) is 3.08. The summed E-state index contributed by atoms with van der Waals surface area (Å²) in [6.45, 7) is 1.26. The molecule has 2 aliphatic rings. The van der Waals surface area contributed by atoms with E-state index in [4.69, 9.17) is 10.00 Å². The fourth-order valence-electron chi connectivity index (χ4n) is 2.95. The second-order valence-electron chi connectivity index (χ2n) is 5.62. The molecule has 3 rings (SSSR count). The molecule has 1 aliphatic carbocycles. The van der Waals surface area contributed by atoms with Crippen LogP contribution in [0.4, 0.5) is 0 Å². The summed E-state index contributed by atoms with van der Waals surface area (Å²) in [4.78, 5) is 22.3. The van der Waals surface area contributed by atoms with E-state index in [-0.39, 0.29) is 29.5 Å². The fourth-order valence-corrected chi connectivity index (χ4v) is 2.95. The third-order valence-corrected chi connectivity index (χ3v) is 4.12. The molecule has 0 spiro atoms. The number of allylic oxidation sites excluding steroid dienone is 2. The van der Waals surface area contributed by atoms with E-state index in [0.29, 0.717) is 13.1 Å². The molecule has 2 heterocycles. The zero-order valence-electron chi connectivity index (χ0n) is 12.3. The molecular formula is C16H18N4O2. The molecule has 0 unspecified atom stereocenters. The van der Waals surface area contributed by atoms with E-state index in [0.717, 1.165) is 25.7 Å². The van der Waals surface area contributed by atoms with Crippen LogP contribution in [0.1, 0.15) is 31.4 Å². The minimum Gasteiger partial charge on any atom is -0.470 e. The average molecular weight is 298 g/mol. The molecule has 22 heavy (non-hydrogen) atoms. The second kappa shape index (κ2) is 6.56. The van der Waals surface area contributed by atoms with Gasteiger partial charge in [-0.15, -0.1) is 0 Å². The molecule has 1 aromatic rings. The van der Waals surface area contributed by atoms with Gasteiger partial charge in [0.1, 0.15) is 12.2 Å². The van der Waals surface area contributed by atoms with Crippen molar-refractivity contribution >= 4 is 5.91 Å². The van der Waals surface area contributed by atoms with Crippen molar-refractivity contribution in [2.24, 2.45) is 5.92 Å². The number of carbonyl (C=O) groups excluding carboxylic acids is 1. The van der Waals surface area contributed by atoms with Gasteiger partial charge >= 0.3 is 0 Å². The third-order valence-electron chi connectivity index (χ3n) is 4.12. The van der Waals surface area contributed by atoms with Gasteiger partial charge in [-0.25, -0.2) is 9.97 Å². The maximum absolute atomic E-state index is 12.5. The van der Waals surface area contributed by atoms with Gasteiger partial charge in [-0.2, -0.15) is 5.26 Å². The number of aromatic nitrogens is 2. The Hall–Kier alpha value is -2.42. The Labute approximate surface area is 129 Å². The van der Waals surface area contributed by atoms with Crippen LogP contribution in [-0.4, -0.2) is 40.0 Å². The second-order valence-corrected chi connectivity index (χ2v) is 5.62. The maximum Gasteiger partial charge on any atom is 0.251 e. The summed E-state index contributed by atoms with van der Waals surface area (Å²) in [6.07, 6.45) is 10.6. The van der Waals surface area contributed by atoms with Crippen LogP contribution in [0.15, 0.2) is 24.5 Å². The molecule has 6 heteroatoms. The molecular weight excluding hydrogens is 280 g/mol. The van der Waals surface area contributed by atoms with Crippen LogP contribution in [0.25, 0.3) is 0 Å². The van der Waals surface area contributed by atoms with E-state index < -0.39 is 0 Å². The fraction of sp³-hybridized carbons (Fsp3) is 0.500. The van der Waals surface area contributed by atoms with Crippen LogP contribution in [0.3, 0.4) is 0 Å². The van der Waals surface area contributed by atoms with Gasteiger partial charge in [0.05, 0.1) is 6.54 Å². The van der Waals surface area contributed by atoms with E-state index in [1.54, 1.807) is 0 Å². The lowest BCUT2D eigenvalue weighted by Gasteiger charge is -2.24. The number of likely N-dealkylation sites (tertiary alicyclic amines) is 1. The smallest absolute Gasteiger partial charge is 0.251 e. The molecule has 1 aromatic heterocycles. The SMILES string of the molecule is N#Cc1nccnc1O[C@H]1CCN(C(=O)[C@H]2CC=CCC2)C1. The van der Waals surface area contributed by atoms with Crippen LogP contribution in [0.2, 0.25) is 0 Å². The molecule has 0 N–H and O–H groups in total. The number of nitriles is 1. The Balaban J connectivity index is 1.59. The molecule has 0 bridgehead atoms. The highest BCUT2D eigenvalue weighted by atomic mass is 16.5. The first-order valence-electron chi connectivity index (χ1n) is 7.59. The topological polar surface area (TPSA) is 79.1 Å². The molecule has 114 valence electrons. The average Bonchev–Trinajstić information content (AvgIpc) is 3.04. The van der Waals surface area contributed by atoms with Crippen LogP contribution < -0.4 is 4.74 Å². The Morgan fingerprint density at radius 1 is 1.32 bits per heavy atom. The zero-order valence-corrected chi connectivity index (χ0v) is 12.3. The molecule has 0 aromatic carbocycles. The van der Waals surface area contributed by atoms with Gasteiger partial charge in [-0.1, -0.05) is 12.2 Å². The lowest BCUT2D eigenvalue weighted by atomic mass is 9.93. The zero-order chi connectivity index (χ0) is 15.4. The van der Waals surface area contributed by atoms with Crippen molar-refractivity contribution < 1.29 is 9.53 Å². The maximum atomic E-state index is 12.5. The Bertz CT molecular complexity index is 623. The van der Waals surface area contributed by atoms with E-state index in [9.17, 15) is 4.79 Å². The summed E-state index contributed by atoms with van der Waals surface area (Å²) < 4.78 is 5.76. The lowest BCUT2D eigenvalue weighted by Crippen LogP contribution is -2.36. The van der Waals surface area contributed by atoms with Crippen molar-refractivity contribution in [3.05, 3.63) is 30.2 Å². The minimum absolute atomic E-state index is 0.106. The number of amides is 1. The molecule has 1 amide bonds. The van der Waals surface area contributed by atoms with E-state index >= 15 is 0 Å². The highest BCUT2D eigenvalue weighted by molar-refractivity contribution is 5.79. The molecule has 1 aliphatic heterocycles. The van der Waals surface area contributed by atoms with Gasteiger partial charge in [0.15, 0.2) is 0 Å². The van der Waals surface area contributed by atoms with Gasteiger partial charge < -0.3 is 9.64 Å². The predicted octanol–water partition coefficient (Wildman–Crippen LogP) is 1.68. The number of carbonyl (C=O) groups is 1. The number of hydrogen-bond acceptors (Lipinski definition) is 5. The highest BCUT2D eigenvalue weighted by Crippen LogP contribution is 2.24. The van der Waals surface area contributed by atoms with Crippen molar-refractivity contribution in [3.63, 3.8) is 0 Å². The predicted molar refractivity (Wildman–Crippen MR) is 78.8 cm³/mol. The Kier molecular flexibility index (Phi) is 4.33. The summed E-state index contributed by atoms with van der Waals surface area (Å²) in [6, 6.07) is 1.97. The highest BCUT2D eigenvalue weighted by Gasteiger charge is 2.32. The number of nitrogens with zero attached hydrogens (tertiary/aromatic N) is 4. The summed E-state index contributed by atoms with van der Waals surface area (Å²) in [5.41, 5.74) is 0.185. The van der Waals surface area contributed by atoms with Crippen LogP contribution in [-0.2, 0) is 4.79 Å². The lowest BCUT2D eigenvalue weighted by molar-refractivity contribution is -0.135. The summed E-state index contributed by atoms with van der Waals surface area (Å²) >= 11 is 0. The monoisotopic (exact) mass is 298 g/mol. The van der Waals surface area contributed by atoms with Crippen molar-refractivity contribution in [1.82, 2.24) is 14.9 Å². The van der Waals surface area contributed by atoms with E-state index in [1.165, 1.54) is 12.4 Å². The van der Waals surface area contributed by atoms with Gasteiger partial charge in [0.25, 0.3) is 5.88 Å². The Morgan fingerprint density at radius 3 is 2.95 bits per heavy atom. The van der Waals surface area contributed by atoms with Crippen molar-refractivity contribution in [3.8, 4) is 11.9 Å². The van der Waals surface area contributed by atoms with Gasteiger partial charge in [-0.3, -0.25) is 4.79 Å². The van der Waals surface area contributed by atoms with Crippen molar-refractivity contribution in [2.75, 3.05) is 13.1 Å². The van der Waals surface area contributed by atoms with Gasteiger partial charge in [0, 0.05) is 31.3 Å². The van der Waals surface area contributed by atoms with Crippen molar-refractivity contribution in [2.45, 2.75) is 31.8 Å². The molecule has 2 atom stereocenters. The molecule has 1 fully saturated rings. The first-order chi connectivity index (χ1) is 10.8. The normalized spacial score (nSPS) is 24.0. The molecule has 0 radical (unpaired) electrons.